The predicted octanol–water partition coefficient (Wildman–Crippen LogP) is 0.792. The quantitative estimate of drug-likeness (QED) is 0.641. The zero-order chi connectivity index (χ0) is 11.3. The minimum Gasteiger partial charge on any atom is -0.382 e. The fraction of sp³-hybridized carbons (Fsp3) is 1.00. The molecule has 1 aliphatic carbocycles. The SMILES string of the molecule is COCCOCCOC1CC(N)C1(C)C. The van der Waals surface area contributed by atoms with Gasteiger partial charge < -0.3 is 19.9 Å². The van der Waals surface area contributed by atoms with Gasteiger partial charge in [-0.05, 0) is 6.42 Å². The van der Waals surface area contributed by atoms with Gasteiger partial charge in [-0.3, -0.25) is 0 Å². The molecule has 1 rings (SSSR count). The molecular weight excluding hydrogens is 194 g/mol. The van der Waals surface area contributed by atoms with Crippen LogP contribution in [0, 0.1) is 5.41 Å². The smallest absolute Gasteiger partial charge is 0.0704 e. The molecule has 15 heavy (non-hydrogen) atoms. The summed E-state index contributed by atoms with van der Waals surface area (Å²) in [5.74, 6) is 0. The molecule has 0 amide bonds. The summed E-state index contributed by atoms with van der Waals surface area (Å²) in [6, 6.07) is 0.275. The van der Waals surface area contributed by atoms with E-state index < -0.39 is 0 Å². The van der Waals surface area contributed by atoms with Crippen molar-refractivity contribution in [2.45, 2.75) is 32.4 Å². The molecule has 0 heterocycles. The third-order valence-electron chi connectivity index (χ3n) is 3.23. The highest BCUT2D eigenvalue weighted by atomic mass is 16.5. The van der Waals surface area contributed by atoms with Crippen LogP contribution in [0.4, 0.5) is 0 Å². The van der Waals surface area contributed by atoms with Gasteiger partial charge in [-0.2, -0.15) is 0 Å². The molecule has 0 saturated heterocycles. The summed E-state index contributed by atoms with van der Waals surface area (Å²) in [7, 11) is 1.66. The van der Waals surface area contributed by atoms with E-state index in [-0.39, 0.29) is 11.5 Å². The summed E-state index contributed by atoms with van der Waals surface area (Å²) in [6.07, 6.45) is 1.25. The first kappa shape index (κ1) is 12.9. The van der Waals surface area contributed by atoms with Gasteiger partial charge in [0, 0.05) is 18.6 Å². The zero-order valence-corrected chi connectivity index (χ0v) is 9.99. The molecule has 0 aromatic heterocycles. The van der Waals surface area contributed by atoms with Gasteiger partial charge in [-0.15, -0.1) is 0 Å². The summed E-state index contributed by atoms with van der Waals surface area (Å²) in [4.78, 5) is 0. The maximum Gasteiger partial charge on any atom is 0.0704 e. The van der Waals surface area contributed by atoms with Crippen LogP contribution in [-0.2, 0) is 14.2 Å². The van der Waals surface area contributed by atoms with Gasteiger partial charge in [-0.1, -0.05) is 13.8 Å². The monoisotopic (exact) mass is 217 g/mol. The minimum atomic E-state index is 0.118. The second-order valence-electron chi connectivity index (χ2n) is 4.63. The van der Waals surface area contributed by atoms with E-state index in [1.807, 2.05) is 0 Å². The van der Waals surface area contributed by atoms with E-state index in [2.05, 4.69) is 13.8 Å². The average Bonchev–Trinajstić information content (AvgIpc) is 2.21. The van der Waals surface area contributed by atoms with E-state index in [1.54, 1.807) is 7.11 Å². The van der Waals surface area contributed by atoms with Crippen LogP contribution in [0.1, 0.15) is 20.3 Å². The van der Waals surface area contributed by atoms with Crippen LogP contribution >= 0.6 is 0 Å². The molecule has 0 aliphatic heterocycles. The van der Waals surface area contributed by atoms with E-state index in [4.69, 9.17) is 19.9 Å². The lowest BCUT2D eigenvalue weighted by Crippen LogP contribution is -2.59. The van der Waals surface area contributed by atoms with Crippen molar-refractivity contribution in [2.24, 2.45) is 11.1 Å². The van der Waals surface area contributed by atoms with Crippen molar-refractivity contribution in [3.63, 3.8) is 0 Å². The third kappa shape index (κ3) is 3.41. The molecule has 0 aromatic carbocycles. The maximum absolute atomic E-state index is 5.89. The van der Waals surface area contributed by atoms with E-state index in [0.717, 1.165) is 6.42 Å². The van der Waals surface area contributed by atoms with Crippen LogP contribution in [-0.4, -0.2) is 45.7 Å². The highest BCUT2D eigenvalue weighted by Gasteiger charge is 2.46. The maximum atomic E-state index is 5.89. The highest BCUT2D eigenvalue weighted by Crippen LogP contribution is 2.41. The first-order valence-electron chi connectivity index (χ1n) is 5.53. The molecule has 1 fully saturated rings. The van der Waals surface area contributed by atoms with Gasteiger partial charge >= 0.3 is 0 Å². The second kappa shape index (κ2) is 5.80. The molecule has 0 aromatic rings. The Morgan fingerprint density at radius 3 is 2.40 bits per heavy atom. The van der Waals surface area contributed by atoms with E-state index >= 15 is 0 Å². The van der Waals surface area contributed by atoms with Gasteiger partial charge in [0.1, 0.15) is 0 Å². The summed E-state index contributed by atoms with van der Waals surface area (Å²) >= 11 is 0. The zero-order valence-electron chi connectivity index (χ0n) is 9.99. The van der Waals surface area contributed by atoms with Gasteiger partial charge in [0.25, 0.3) is 0 Å². The standard InChI is InChI=1S/C11H23NO3/c1-11(2)9(12)8-10(11)15-7-6-14-5-4-13-3/h9-10H,4-8,12H2,1-3H3. The van der Waals surface area contributed by atoms with E-state index in [1.165, 1.54) is 0 Å². The first-order valence-corrected chi connectivity index (χ1v) is 5.53. The van der Waals surface area contributed by atoms with Gasteiger partial charge in [0.05, 0.1) is 32.5 Å². The molecule has 0 bridgehead atoms. The van der Waals surface area contributed by atoms with E-state index in [9.17, 15) is 0 Å². The molecule has 2 unspecified atom stereocenters. The van der Waals surface area contributed by atoms with E-state index in [0.29, 0.717) is 32.5 Å². The highest BCUT2D eigenvalue weighted by molar-refractivity contribution is 5.00. The lowest BCUT2D eigenvalue weighted by atomic mass is 9.65. The molecule has 2 atom stereocenters. The van der Waals surface area contributed by atoms with Crippen molar-refractivity contribution in [1.29, 1.82) is 0 Å². The molecule has 1 saturated carbocycles. The molecule has 1 aliphatic rings. The minimum absolute atomic E-state index is 0.118. The Morgan fingerprint density at radius 1 is 1.20 bits per heavy atom. The lowest BCUT2D eigenvalue weighted by molar-refractivity contribution is -0.119. The van der Waals surface area contributed by atoms with Crippen LogP contribution in [0.15, 0.2) is 0 Å². The molecule has 90 valence electrons. The summed E-state index contributed by atoms with van der Waals surface area (Å²) < 4.78 is 15.9. The molecule has 4 nitrogen and oxygen atoms in total. The van der Waals surface area contributed by atoms with Gasteiger partial charge in [0.15, 0.2) is 0 Å². The average molecular weight is 217 g/mol. The van der Waals surface area contributed by atoms with Gasteiger partial charge in [-0.25, -0.2) is 0 Å². The Hall–Kier alpha value is -0.160. The number of hydrogen-bond acceptors (Lipinski definition) is 4. The second-order valence-corrected chi connectivity index (χ2v) is 4.63. The van der Waals surface area contributed by atoms with Crippen molar-refractivity contribution in [3.05, 3.63) is 0 Å². The number of hydrogen-bond donors (Lipinski definition) is 1. The van der Waals surface area contributed by atoms with Crippen molar-refractivity contribution >= 4 is 0 Å². The number of ether oxygens (including phenoxy) is 3. The van der Waals surface area contributed by atoms with Crippen LogP contribution in [0.2, 0.25) is 0 Å². The summed E-state index contributed by atoms with van der Waals surface area (Å²) in [6.45, 7) is 6.85. The molecule has 2 N–H and O–H groups in total. The Bertz CT molecular complexity index is 185. The molecule has 0 radical (unpaired) electrons. The van der Waals surface area contributed by atoms with Crippen LogP contribution < -0.4 is 5.73 Å². The molecule has 0 spiro atoms. The van der Waals surface area contributed by atoms with Crippen molar-refractivity contribution < 1.29 is 14.2 Å². The van der Waals surface area contributed by atoms with Crippen molar-refractivity contribution in [3.8, 4) is 0 Å². The van der Waals surface area contributed by atoms with Crippen LogP contribution in [0.5, 0.6) is 0 Å². The largest absolute Gasteiger partial charge is 0.382 e. The first-order chi connectivity index (χ1) is 7.09. The van der Waals surface area contributed by atoms with Crippen molar-refractivity contribution in [2.75, 3.05) is 33.5 Å². The normalized spacial score (nSPS) is 28.8. The number of methoxy groups -OCH3 is 1. The number of nitrogens with two attached hydrogens (primary N) is 1. The fourth-order valence-electron chi connectivity index (χ4n) is 1.69. The Balaban J connectivity index is 1.97. The van der Waals surface area contributed by atoms with Crippen LogP contribution in [0.25, 0.3) is 0 Å². The Kier molecular flexibility index (Phi) is 4.99. The fourth-order valence-corrected chi connectivity index (χ4v) is 1.69. The van der Waals surface area contributed by atoms with Crippen molar-refractivity contribution in [1.82, 2.24) is 0 Å². The number of rotatable bonds is 7. The van der Waals surface area contributed by atoms with Gasteiger partial charge in [0.2, 0.25) is 0 Å². The Morgan fingerprint density at radius 2 is 1.87 bits per heavy atom. The topological polar surface area (TPSA) is 53.7 Å². The summed E-state index contributed by atoms with van der Waals surface area (Å²) in [5, 5.41) is 0. The summed E-state index contributed by atoms with van der Waals surface area (Å²) in [5.41, 5.74) is 6.01. The lowest BCUT2D eigenvalue weighted by Gasteiger charge is -2.49. The molecular formula is C11H23NO3. The third-order valence-corrected chi connectivity index (χ3v) is 3.23. The Labute approximate surface area is 92.1 Å². The predicted molar refractivity (Wildman–Crippen MR) is 58.8 cm³/mol. The molecule has 4 heteroatoms. The van der Waals surface area contributed by atoms with Crippen LogP contribution in [0.3, 0.4) is 0 Å².